The Balaban J connectivity index is 2.51. The van der Waals surface area contributed by atoms with Crippen molar-refractivity contribution in [3.63, 3.8) is 0 Å². The maximum absolute atomic E-state index is 12.0. The number of alkyl halides is 3. The molecule has 0 bridgehead atoms. The van der Waals surface area contributed by atoms with E-state index in [2.05, 4.69) is 21.2 Å². The molecule has 5 heteroatoms. The number of rotatable bonds is 3. The van der Waals surface area contributed by atoms with Crippen LogP contribution in [0.2, 0.25) is 0 Å². The molecule has 1 aromatic rings. The van der Waals surface area contributed by atoms with Gasteiger partial charge in [0.2, 0.25) is 0 Å². The monoisotopic (exact) mass is 281 g/mol. The first kappa shape index (κ1) is 12.4. The van der Waals surface area contributed by atoms with E-state index in [0.29, 0.717) is 5.69 Å². The zero-order valence-electron chi connectivity index (χ0n) is 8.11. The fourth-order valence-electron chi connectivity index (χ4n) is 1.23. The van der Waals surface area contributed by atoms with Crippen LogP contribution in [0.3, 0.4) is 0 Å². The smallest absolute Gasteiger partial charge is 0.382 e. The summed E-state index contributed by atoms with van der Waals surface area (Å²) in [6.07, 6.45) is -4.95. The van der Waals surface area contributed by atoms with Gasteiger partial charge in [-0.15, -0.1) is 0 Å². The SMILES string of the molecule is CC(CC(F)(F)F)Nc1ccc(Br)cc1. The summed E-state index contributed by atoms with van der Waals surface area (Å²) in [4.78, 5) is 0. The van der Waals surface area contributed by atoms with Crippen LogP contribution in [-0.4, -0.2) is 12.2 Å². The van der Waals surface area contributed by atoms with Gasteiger partial charge >= 0.3 is 6.18 Å². The van der Waals surface area contributed by atoms with Gasteiger partial charge in [0.05, 0.1) is 6.42 Å². The molecule has 0 fully saturated rings. The summed E-state index contributed by atoms with van der Waals surface area (Å²) in [6.45, 7) is 1.51. The van der Waals surface area contributed by atoms with Crippen molar-refractivity contribution in [2.24, 2.45) is 0 Å². The van der Waals surface area contributed by atoms with Crippen molar-refractivity contribution in [1.29, 1.82) is 0 Å². The van der Waals surface area contributed by atoms with Crippen molar-refractivity contribution in [3.8, 4) is 0 Å². The van der Waals surface area contributed by atoms with Gasteiger partial charge in [-0.3, -0.25) is 0 Å². The van der Waals surface area contributed by atoms with Crippen LogP contribution >= 0.6 is 15.9 Å². The van der Waals surface area contributed by atoms with E-state index in [1.807, 2.05) is 0 Å². The predicted octanol–water partition coefficient (Wildman–Crippen LogP) is 4.20. The van der Waals surface area contributed by atoms with Crippen molar-refractivity contribution in [2.45, 2.75) is 25.6 Å². The highest BCUT2D eigenvalue weighted by Gasteiger charge is 2.29. The van der Waals surface area contributed by atoms with Crippen LogP contribution in [0, 0.1) is 0 Å². The molecule has 0 aliphatic heterocycles. The van der Waals surface area contributed by atoms with Gasteiger partial charge in [-0.25, -0.2) is 0 Å². The first-order valence-corrected chi connectivity index (χ1v) is 5.25. The van der Waals surface area contributed by atoms with Crippen LogP contribution in [0.1, 0.15) is 13.3 Å². The van der Waals surface area contributed by atoms with Gasteiger partial charge in [0.15, 0.2) is 0 Å². The fraction of sp³-hybridized carbons (Fsp3) is 0.400. The summed E-state index contributed by atoms with van der Waals surface area (Å²) in [7, 11) is 0. The minimum absolute atomic E-state index is 0.619. The first-order valence-electron chi connectivity index (χ1n) is 4.46. The van der Waals surface area contributed by atoms with E-state index in [4.69, 9.17) is 0 Å². The van der Waals surface area contributed by atoms with E-state index < -0.39 is 18.6 Å². The van der Waals surface area contributed by atoms with Gasteiger partial charge in [-0.1, -0.05) is 15.9 Å². The molecule has 0 radical (unpaired) electrons. The molecule has 1 N–H and O–H groups in total. The standard InChI is InChI=1S/C10H11BrF3N/c1-7(6-10(12,13)14)15-9-4-2-8(11)3-5-9/h2-5,7,15H,6H2,1H3. The molecule has 0 saturated heterocycles. The first-order chi connectivity index (χ1) is 6.87. The lowest BCUT2D eigenvalue weighted by atomic mass is 10.2. The molecule has 1 atom stereocenters. The lowest BCUT2D eigenvalue weighted by Crippen LogP contribution is -2.23. The third-order valence-electron chi connectivity index (χ3n) is 1.79. The molecule has 15 heavy (non-hydrogen) atoms. The Morgan fingerprint density at radius 2 is 1.80 bits per heavy atom. The quantitative estimate of drug-likeness (QED) is 0.876. The van der Waals surface area contributed by atoms with Crippen LogP contribution in [0.15, 0.2) is 28.7 Å². The minimum Gasteiger partial charge on any atom is -0.382 e. The Hall–Kier alpha value is -0.710. The van der Waals surface area contributed by atoms with Crippen LogP contribution < -0.4 is 5.32 Å². The number of hydrogen-bond donors (Lipinski definition) is 1. The molecule has 0 aliphatic rings. The number of anilines is 1. The largest absolute Gasteiger partial charge is 0.391 e. The summed E-state index contributed by atoms with van der Waals surface area (Å²) < 4.78 is 37.0. The number of halogens is 4. The third kappa shape index (κ3) is 5.06. The fourth-order valence-corrected chi connectivity index (χ4v) is 1.49. The van der Waals surface area contributed by atoms with E-state index in [1.165, 1.54) is 6.92 Å². The molecule has 1 rings (SSSR count). The molecule has 1 unspecified atom stereocenters. The van der Waals surface area contributed by atoms with Crippen molar-refractivity contribution in [2.75, 3.05) is 5.32 Å². The molecular formula is C10H11BrF3N. The van der Waals surface area contributed by atoms with E-state index in [9.17, 15) is 13.2 Å². The van der Waals surface area contributed by atoms with Crippen molar-refractivity contribution in [1.82, 2.24) is 0 Å². The van der Waals surface area contributed by atoms with Gasteiger partial charge < -0.3 is 5.32 Å². The predicted molar refractivity (Wildman–Crippen MR) is 57.9 cm³/mol. The average Bonchev–Trinajstić information content (AvgIpc) is 2.05. The van der Waals surface area contributed by atoms with Crippen molar-refractivity contribution < 1.29 is 13.2 Å². The highest BCUT2D eigenvalue weighted by atomic mass is 79.9. The van der Waals surface area contributed by atoms with Crippen LogP contribution in [0.25, 0.3) is 0 Å². The molecule has 0 aromatic heterocycles. The Bertz CT molecular complexity index is 307. The summed E-state index contributed by atoms with van der Waals surface area (Å²) in [5.74, 6) is 0. The molecule has 0 amide bonds. The van der Waals surface area contributed by atoms with Crippen LogP contribution in [0.4, 0.5) is 18.9 Å². The molecule has 1 aromatic carbocycles. The zero-order chi connectivity index (χ0) is 11.5. The molecular weight excluding hydrogens is 271 g/mol. The van der Waals surface area contributed by atoms with Crippen LogP contribution in [-0.2, 0) is 0 Å². The molecule has 0 saturated carbocycles. The molecule has 0 heterocycles. The van der Waals surface area contributed by atoms with Crippen LogP contribution in [0.5, 0.6) is 0 Å². The maximum Gasteiger partial charge on any atom is 0.391 e. The van der Waals surface area contributed by atoms with Gasteiger partial charge in [-0.05, 0) is 31.2 Å². The Kier molecular flexibility index (Phi) is 4.02. The maximum atomic E-state index is 12.0. The summed E-state index contributed by atoms with van der Waals surface area (Å²) in [6, 6.07) is 6.41. The lowest BCUT2D eigenvalue weighted by molar-refractivity contribution is -0.136. The van der Waals surface area contributed by atoms with Gasteiger partial charge in [-0.2, -0.15) is 13.2 Å². The number of benzene rings is 1. The number of hydrogen-bond acceptors (Lipinski definition) is 1. The summed E-state index contributed by atoms with van der Waals surface area (Å²) in [5.41, 5.74) is 0.690. The molecule has 84 valence electrons. The van der Waals surface area contributed by atoms with Gasteiger partial charge in [0, 0.05) is 16.2 Å². The lowest BCUT2D eigenvalue weighted by Gasteiger charge is -2.16. The average molecular weight is 282 g/mol. The molecule has 0 aliphatic carbocycles. The van der Waals surface area contributed by atoms with Crippen molar-refractivity contribution in [3.05, 3.63) is 28.7 Å². The van der Waals surface area contributed by atoms with E-state index >= 15 is 0 Å². The molecule has 0 spiro atoms. The summed E-state index contributed by atoms with van der Waals surface area (Å²) >= 11 is 3.25. The topological polar surface area (TPSA) is 12.0 Å². The second-order valence-electron chi connectivity index (χ2n) is 3.37. The second kappa shape index (κ2) is 4.88. The zero-order valence-corrected chi connectivity index (χ0v) is 9.69. The highest BCUT2D eigenvalue weighted by Crippen LogP contribution is 2.23. The Labute approximate surface area is 94.8 Å². The Morgan fingerprint density at radius 1 is 1.27 bits per heavy atom. The normalized spacial score (nSPS) is 13.7. The Morgan fingerprint density at radius 3 is 2.27 bits per heavy atom. The van der Waals surface area contributed by atoms with E-state index in [1.54, 1.807) is 24.3 Å². The third-order valence-corrected chi connectivity index (χ3v) is 2.32. The minimum atomic E-state index is -4.12. The second-order valence-corrected chi connectivity index (χ2v) is 4.29. The van der Waals surface area contributed by atoms with Gasteiger partial charge in [0.1, 0.15) is 0 Å². The molecule has 1 nitrogen and oxygen atoms in total. The number of nitrogens with one attached hydrogen (secondary N) is 1. The highest BCUT2D eigenvalue weighted by molar-refractivity contribution is 9.10. The van der Waals surface area contributed by atoms with E-state index in [0.717, 1.165) is 4.47 Å². The van der Waals surface area contributed by atoms with Crippen molar-refractivity contribution >= 4 is 21.6 Å². The van der Waals surface area contributed by atoms with Gasteiger partial charge in [0.25, 0.3) is 0 Å². The van der Waals surface area contributed by atoms with E-state index in [-0.39, 0.29) is 0 Å². The summed E-state index contributed by atoms with van der Waals surface area (Å²) in [5, 5.41) is 2.78.